The molecule has 0 amide bonds. The molecule has 4 nitrogen and oxygen atoms in total. The number of ether oxygens (including phenoxy) is 2. The number of aliphatic hydroxyl groups is 1. The fourth-order valence-electron chi connectivity index (χ4n) is 2.78. The van der Waals surface area contributed by atoms with Gasteiger partial charge in [-0.15, -0.1) is 0 Å². The molecule has 2 rings (SSSR count). The smallest absolute Gasteiger partial charge is 0.161 e. The second kappa shape index (κ2) is 6.26. The molecule has 1 aliphatic carbocycles. The highest BCUT2D eigenvalue weighted by Gasteiger charge is 2.23. The molecule has 0 radical (unpaired) electrons. The molecule has 0 aliphatic heterocycles. The van der Waals surface area contributed by atoms with E-state index in [0.29, 0.717) is 6.04 Å². The summed E-state index contributed by atoms with van der Waals surface area (Å²) >= 11 is 0. The molecule has 1 aromatic rings. The monoisotopic (exact) mass is 265 g/mol. The Morgan fingerprint density at radius 1 is 1.21 bits per heavy atom. The molecule has 0 spiro atoms. The van der Waals surface area contributed by atoms with Gasteiger partial charge in [0.15, 0.2) is 11.5 Å². The van der Waals surface area contributed by atoms with Crippen molar-refractivity contribution in [2.45, 2.75) is 25.3 Å². The number of hydrogen-bond donors (Lipinski definition) is 1. The van der Waals surface area contributed by atoms with E-state index in [1.165, 1.54) is 11.1 Å². The highest BCUT2D eigenvalue weighted by atomic mass is 16.5. The number of hydrogen-bond acceptors (Lipinski definition) is 4. The van der Waals surface area contributed by atoms with Crippen molar-refractivity contribution in [1.29, 1.82) is 0 Å². The van der Waals surface area contributed by atoms with Crippen LogP contribution in [0.25, 0.3) is 0 Å². The molecule has 0 fully saturated rings. The third-order valence-electron chi connectivity index (χ3n) is 3.98. The number of nitrogens with zero attached hydrogens (tertiary/aromatic N) is 1. The van der Waals surface area contributed by atoms with Crippen LogP contribution < -0.4 is 9.47 Å². The Hall–Kier alpha value is -1.26. The topological polar surface area (TPSA) is 41.9 Å². The average molecular weight is 265 g/mol. The molecular formula is C15H23NO3. The summed E-state index contributed by atoms with van der Waals surface area (Å²) in [6, 6.07) is 4.68. The summed E-state index contributed by atoms with van der Waals surface area (Å²) in [6.45, 7) is 0.944. The number of aryl methyl sites for hydroxylation is 1. The first-order valence-corrected chi connectivity index (χ1v) is 6.74. The minimum Gasteiger partial charge on any atom is -0.493 e. The van der Waals surface area contributed by atoms with Crippen LogP contribution in [0.15, 0.2) is 12.1 Å². The standard InChI is InChI=1S/C15H23NO3/c1-16(6-7-17)13-5-4-11-9-14(18-2)15(19-3)10-12(11)8-13/h9-10,13,17H,4-8H2,1-3H3. The average Bonchev–Trinajstić information content (AvgIpc) is 2.45. The van der Waals surface area contributed by atoms with E-state index in [4.69, 9.17) is 14.6 Å². The number of likely N-dealkylation sites (N-methyl/N-ethyl adjacent to an activating group) is 1. The molecule has 0 saturated carbocycles. The predicted octanol–water partition coefficient (Wildman–Crippen LogP) is 1.49. The third-order valence-corrected chi connectivity index (χ3v) is 3.98. The van der Waals surface area contributed by atoms with E-state index >= 15 is 0 Å². The zero-order chi connectivity index (χ0) is 13.8. The van der Waals surface area contributed by atoms with Crippen molar-refractivity contribution < 1.29 is 14.6 Å². The van der Waals surface area contributed by atoms with Crippen LogP contribution in [0, 0.1) is 0 Å². The van der Waals surface area contributed by atoms with Crippen molar-refractivity contribution in [3.8, 4) is 11.5 Å². The van der Waals surface area contributed by atoms with Crippen LogP contribution >= 0.6 is 0 Å². The molecule has 0 heterocycles. The van der Waals surface area contributed by atoms with Gasteiger partial charge in [0.1, 0.15) is 0 Å². The maximum absolute atomic E-state index is 9.03. The van der Waals surface area contributed by atoms with Crippen molar-refractivity contribution in [1.82, 2.24) is 4.90 Å². The Morgan fingerprint density at radius 3 is 2.42 bits per heavy atom. The number of rotatable bonds is 5. The van der Waals surface area contributed by atoms with Gasteiger partial charge in [-0.05, 0) is 49.6 Å². The third kappa shape index (κ3) is 3.01. The van der Waals surface area contributed by atoms with E-state index in [1.54, 1.807) is 14.2 Å². The summed E-state index contributed by atoms with van der Waals surface area (Å²) in [5.74, 6) is 1.61. The van der Waals surface area contributed by atoms with Gasteiger partial charge < -0.3 is 19.5 Å². The molecule has 106 valence electrons. The Labute approximate surface area is 114 Å². The molecule has 1 N–H and O–H groups in total. The second-order valence-electron chi connectivity index (χ2n) is 5.08. The summed E-state index contributed by atoms with van der Waals surface area (Å²) in [5, 5.41) is 9.03. The fourth-order valence-corrected chi connectivity index (χ4v) is 2.78. The molecule has 19 heavy (non-hydrogen) atoms. The molecule has 4 heteroatoms. The van der Waals surface area contributed by atoms with Gasteiger partial charge in [-0.2, -0.15) is 0 Å². The molecule has 0 aromatic heterocycles. The quantitative estimate of drug-likeness (QED) is 0.876. The minimum atomic E-state index is 0.214. The van der Waals surface area contributed by atoms with Crippen molar-refractivity contribution >= 4 is 0 Å². The van der Waals surface area contributed by atoms with Crippen LogP contribution in [-0.2, 0) is 12.8 Å². The largest absolute Gasteiger partial charge is 0.493 e. The Kier molecular flexibility index (Phi) is 4.66. The van der Waals surface area contributed by atoms with Crippen LogP contribution in [0.3, 0.4) is 0 Å². The van der Waals surface area contributed by atoms with Gasteiger partial charge in [-0.1, -0.05) is 0 Å². The molecular weight excluding hydrogens is 242 g/mol. The van der Waals surface area contributed by atoms with Gasteiger partial charge in [-0.25, -0.2) is 0 Å². The fraction of sp³-hybridized carbons (Fsp3) is 0.600. The van der Waals surface area contributed by atoms with Gasteiger partial charge in [-0.3, -0.25) is 0 Å². The molecule has 1 unspecified atom stereocenters. The lowest BCUT2D eigenvalue weighted by Crippen LogP contribution is -2.38. The number of fused-ring (bicyclic) bond motifs is 1. The van der Waals surface area contributed by atoms with Crippen LogP contribution in [0.2, 0.25) is 0 Å². The normalized spacial score (nSPS) is 18.3. The van der Waals surface area contributed by atoms with Crippen molar-refractivity contribution in [3.05, 3.63) is 23.3 Å². The van der Waals surface area contributed by atoms with Crippen molar-refractivity contribution in [2.24, 2.45) is 0 Å². The second-order valence-corrected chi connectivity index (χ2v) is 5.08. The molecule has 1 aliphatic rings. The molecule has 0 saturated heterocycles. The maximum Gasteiger partial charge on any atom is 0.161 e. The van der Waals surface area contributed by atoms with E-state index in [0.717, 1.165) is 37.3 Å². The van der Waals surface area contributed by atoms with Crippen LogP contribution in [0.5, 0.6) is 11.5 Å². The summed E-state index contributed by atoms with van der Waals surface area (Å²) in [6.07, 6.45) is 3.18. The zero-order valence-corrected chi connectivity index (χ0v) is 12.0. The van der Waals surface area contributed by atoms with Gasteiger partial charge in [0.25, 0.3) is 0 Å². The van der Waals surface area contributed by atoms with Crippen LogP contribution in [-0.4, -0.2) is 50.5 Å². The molecule has 1 atom stereocenters. The molecule has 0 bridgehead atoms. The van der Waals surface area contributed by atoms with Gasteiger partial charge in [0.2, 0.25) is 0 Å². The summed E-state index contributed by atoms with van der Waals surface area (Å²) in [5.41, 5.74) is 2.69. The van der Waals surface area contributed by atoms with E-state index in [2.05, 4.69) is 24.1 Å². The van der Waals surface area contributed by atoms with Crippen molar-refractivity contribution in [3.63, 3.8) is 0 Å². The minimum absolute atomic E-state index is 0.214. The lowest BCUT2D eigenvalue weighted by Gasteiger charge is -2.32. The van der Waals surface area contributed by atoms with E-state index in [9.17, 15) is 0 Å². The lowest BCUT2D eigenvalue weighted by molar-refractivity contribution is 0.169. The number of methoxy groups -OCH3 is 2. The molecule has 1 aromatic carbocycles. The van der Waals surface area contributed by atoms with Gasteiger partial charge >= 0.3 is 0 Å². The highest BCUT2D eigenvalue weighted by molar-refractivity contribution is 5.48. The van der Waals surface area contributed by atoms with Crippen LogP contribution in [0.1, 0.15) is 17.5 Å². The first-order chi connectivity index (χ1) is 9.19. The van der Waals surface area contributed by atoms with Gasteiger partial charge in [0.05, 0.1) is 20.8 Å². The summed E-state index contributed by atoms with van der Waals surface area (Å²) < 4.78 is 10.7. The SMILES string of the molecule is COc1cc2c(cc1OC)CC(N(C)CCO)CC2. The van der Waals surface area contributed by atoms with E-state index in [-0.39, 0.29) is 6.61 Å². The summed E-state index contributed by atoms with van der Waals surface area (Å²) in [7, 11) is 5.42. The highest BCUT2D eigenvalue weighted by Crippen LogP contribution is 2.34. The number of aliphatic hydroxyl groups excluding tert-OH is 1. The first-order valence-electron chi connectivity index (χ1n) is 6.74. The zero-order valence-electron chi connectivity index (χ0n) is 12.0. The van der Waals surface area contributed by atoms with Crippen molar-refractivity contribution in [2.75, 3.05) is 34.4 Å². The Bertz CT molecular complexity index is 434. The van der Waals surface area contributed by atoms with Gasteiger partial charge in [0, 0.05) is 12.6 Å². The Balaban J connectivity index is 2.20. The first kappa shape index (κ1) is 14.2. The van der Waals surface area contributed by atoms with E-state index < -0.39 is 0 Å². The lowest BCUT2D eigenvalue weighted by atomic mass is 9.87. The Morgan fingerprint density at radius 2 is 1.84 bits per heavy atom. The van der Waals surface area contributed by atoms with E-state index in [1.807, 2.05) is 0 Å². The van der Waals surface area contributed by atoms with Crippen LogP contribution in [0.4, 0.5) is 0 Å². The summed E-state index contributed by atoms with van der Waals surface area (Å²) in [4.78, 5) is 2.24. The predicted molar refractivity (Wildman–Crippen MR) is 75.1 cm³/mol. The maximum atomic E-state index is 9.03. The number of benzene rings is 1.